The number of nitrogens with two attached hydrogens (primary N) is 1. The van der Waals surface area contributed by atoms with Crippen LogP contribution in [0.2, 0.25) is 10.0 Å². The Bertz CT molecular complexity index is 606. The van der Waals surface area contributed by atoms with Gasteiger partial charge in [0.1, 0.15) is 5.82 Å². The normalized spacial score (nSPS) is 10.4. The summed E-state index contributed by atoms with van der Waals surface area (Å²) in [6, 6.07) is 7.81. The summed E-state index contributed by atoms with van der Waals surface area (Å²) in [4.78, 5) is 5.69. The smallest absolute Gasteiger partial charge is 0.161 e. The highest BCUT2D eigenvalue weighted by molar-refractivity contribution is 6.37. The monoisotopic (exact) mass is 300 g/mol. The lowest BCUT2D eigenvalue weighted by Crippen LogP contribution is -2.16. The second-order valence-electron chi connectivity index (χ2n) is 3.78. The minimum absolute atomic E-state index is 0.268. The molecule has 100 valence electrons. The Hall–Kier alpha value is -1.56. The molecule has 0 saturated carbocycles. The second kappa shape index (κ2) is 5.61. The lowest BCUT2D eigenvalue weighted by Gasteiger charge is -2.21. The molecule has 0 saturated heterocycles. The van der Waals surface area contributed by atoms with Crippen molar-refractivity contribution in [3.05, 3.63) is 46.2 Å². The van der Waals surface area contributed by atoms with Crippen molar-refractivity contribution in [3.8, 4) is 0 Å². The van der Waals surface area contributed by atoms with Crippen LogP contribution < -0.4 is 16.2 Å². The molecule has 2 aromatic rings. The first-order valence-corrected chi connectivity index (χ1v) is 6.11. The predicted octanol–water partition coefficient (Wildman–Crippen LogP) is 3.58. The van der Waals surface area contributed by atoms with E-state index in [0.717, 1.165) is 0 Å². The first kappa shape index (κ1) is 13.9. The minimum atomic E-state index is -0.375. The third-order valence-corrected chi connectivity index (χ3v) is 3.15. The summed E-state index contributed by atoms with van der Waals surface area (Å²) in [6.45, 7) is 0. The molecule has 0 aliphatic heterocycles. The number of hydrogen-bond donors (Lipinski definition) is 2. The van der Waals surface area contributed by atoms with Crippen LogP contribution in [0, 0.1) is 5.82 Å². The average Bonchev–Trinajstić information content (AvgIpc) is 2.39. The maximum Gasteiger partial charge on any atom is 0.161 e. The predicted molar refractivity (Wildman–Crippen MR) is 76.5 cm³/mol. The fraction of sp³-hybridized carbons (Fsp3) is 0.0833. The third kappa shape index (κ3) is 2.73. The number of halogens is 3. The van der Waals surface area contributed by atoms with E-state index in [2.05, 4.69) is 10.4 Å². The maximum atomic E-state index is 13.7. The molecule has 1 aromatic carbocycles. The fourth-order valence-corrected chi connectivity index (χ4v) is 2.17. The molecule has 0 bridgehead atoms. The molecule has 7 heteroatoms. The second-order valence-corrected chi connectivity index (χ2v) is 4.59. The van der Waals surface area contributed by atoms with Crippen LogP contribution in [0.15, 0.2) is 30.3 Å². The Morgan fingerprint density at radius 3 is 2.58 bits per heavy atom. The van der Waals surface area contributed by atoms with Gasteiger partial charge in [-0.1, -0.05) is 35.3 Å². The summed E-state index contributed by atoms with van der Waals surface area (Å²) in [6.07, 6.45) is 0. The lowest BCUT2D eigenvalue weighted by molar-refractivity contribution is 0.627. The molecule has 0 fully saturated rings. The zero-order chi connectivity index (χ0) is 14.0. The molecule has 4 nitrogen and oxygen atoms in total. The number of nitrogen functional groups attached to an aromatic ring is 1. The molecule has 0 aliphatic rings. The Morgan fingerprint density at radius 2 is 1.95 bits per heavy atom. The number of anilines is 3. The first-order chi connectivity index (χ1) is 9.04. The fourth-order valence-electron chi connectivity index (χ4n) is 1.63. The topological polar surface area (TPSA) is 54.2 Å². The van der Waals surface area contributed by atoms with E-state index in [-0.39, 0.29) is 16.7 Å². The van der Waals surface area contributed by atoms with E-state index in [1.165, 1.54) is 17.0 Å². The number of hydrogen-bond acceptors (Lipinski definition) is 4. The largest absolute Gasteiger partial charge is 0.326 e. The van der Waals surface area contributed by atoms with E-state index in [0.29, 0.717) is 16.5 Å². The van der Waals surface area contributed by atoms with Crippen LogP contribution in [0.1, 0.15) is 0 Å². The van der Waals surface area contributed by atoms with Gasteiger partial charge < -0.3 is 10.3 Å². The number of nitrogens with one attached hydrogen (secondary N) is 1. The van der Waals surface area contributed by atoms with Crippen molar-refractivity contribution in [2.24, 2.45) is 5.84 Å². The summed E-state index contributed by atoms with van der Waals surface area (Å²) in [7, 11) is 1.65. The molecular formula is C12H11Cl2FN4. The van der Waals surface area contributed by atoms with Crippen molar-refractivity contribution in [2.75, 3.05) is 17.4 Å². The van der Waals surface area contributed by atoms with Gasteiger partial charge in [0.2, 0.25) is 0 Å². The summed E-state index contributed by atoms with van der Waals surface area (Å²) >= 11 is 12.0. The minimum Gasteiger partial charge on any atom is -0.326 e. The summed E-state index contributed by atoms with van der Waals surface area (Å²) in [5, 5.41) is 0.591. The quantitative estimate of drug-likeness (QED) is 0.672. The van der Waals surface area contributed by atoms with Crippen LogP contribution in [0.4, 0.5) is 21.7 Å². The van der Waals surface area contributed by atoms with Gasteiger partial charge in [0.25, 0.3) is 0 Å². The van der Waals surface area contributed by atoms with E-state index < -0.39 is 0 Å². The highest BCUT2D eigenvalue weighted by Crippen LogP contribution is 2.34. The first-order valence-electron chi connectivity index (χ1n) is 5.35. The van der Waals surface area contributed by atoms with Gasteiger partial charge in [-0.15, -0.1) is 0 Å². The summed E-state index contributed by atoms with van der Waals surface area (Å²) < 4.78 is 13.7. The molecule has 0 radical (unpaired) electrons. The molecule has 0 atom stereocenters. The van der Waals surface area contributed by atoms with Gasteiger partial charge in [0.05, 0.1) is 15.7 Å². The number of pyridine rings is 1. The highest BCUT2D eigenvalue weighted by atomic mass is 35.5. The Balaban J connectivity index is 2.50. The van der Waals surface area contributed by atoms with Gasteiger partial charge >= 0.3 is 0 Å². The van der Waals surface area contributed by atoms with Crippen molar-refractivity contribution in [1.82, 2.24) is 4.98 Å². The molecule has 19 heavy (non-hydrogen) atoms. The number of para-hydroxylation sites is 1. The number of aromatic nitrogens is 1. The zero-order valence-corrected chi connectivity index (χ0v) is 11.5. The van der Waals surface area contributed by atoms with Crippen LogP contribution in [0.25, 0.3) is 0 Å². The van der Waals surface area contributed by atoms with Gasteiger partial charge in [0, 0.05) is 7.05 Å². The van der Waals surface area contributed by atoms with Crippen molar-refractivity contribution in [2.45, 2.75) is 0 Å². The molecule has 0 amide bonds. The zero-order valence-electron chi connectivity index (χ0n) is 9.99. The average molecular weight is 301 g/mol. The van der Waals surface area contributed by atoms with E-state index in [9.17, 15) is 4.39 Å². The van der Waals surface area contributed by atoms with Gasteiger partial charge in [-0.2, -0.15) is 0 Å². The van der Waals surface area contributed by atoms with Crippen molar-refractivity contribution in [3.63, 3.8) is 0 Å². The number of benzene rings is 1. The SMILES string of the molecule is CN(c1ccccc1F)c1nc(NN)c(Cl)cc1Cl. The lowest BCUT2D eigenvalue weighted by atomic mass is 10.3. The van der Waals surface area contributed by atoms with Crippen LogP contribution in [-0.2, 0) is 0 Å². The number of hydrazine groups is 1. The number of nitrogens with zero attached hydrogens (tertiary/aromatic N) is 2. The van der Waals surface area contributed by atoms with E-state index in [1.807, 2.05) is 0 Å². The van der Waals surface area contributed by atoms with Gasteiger partial charge in [0.15, 0.2) is 11.6 Å². The van der Waals surface area contributed by atoms with E-state index in [4.69, 9.17) is 29.0 Å². The number of rotatable bonds is 3. The van der Waals surface area contributed by atoms with Crippen molar-refractivity contribution in [1.29, 1.82) is 0 Å². The van der Waals surface area contributed by atoms with Gasteiger partial charge in [-0.25, -0.2) is 15.2 Å². The molecule has 1 heterocycles. The molecule has 0 aliphatic carbocycles. The molecule has 0 unspecified atom stereocenters. The van der Waals surface area contributed by atoms with Crippen LogP contribution in [-0.4, -0.2) is 12.0 Å². The molecule has 0 spiro atoms. The summed E-state index contributed by atoms with van der Waals surface area (Å²) in [5.41, 5.74) is 2.71. The standard InChI is InChI=1S/C12H11Cl2FN4/c1-19(10-5-3-2-4-9(10)15)12-8(14)6-7(13)11(17-12)18-16/h2-6H,16H2,1H3,(H,17,18). The third-order valence-electron chi connectivity index (χ3n) is 2.58. The molecular weight excluding hydrogens is 290 g/mol. The molecule has 2 rings (SSSR count). The molecule has 3 N–H and O–H groups in total. The van der Waals surface area contributed by atoms with E-state index in [1.54, 1.807) is 25.2 Å². The highest BCUT2D eigenvalue weighted by Gasteiger charge is 2.16. The Labute approximate surface area is 119 Å². The Kier molecular flexibility index (Phi) is 4.09. The van der Waals surface area contributed by atoms with Gasteiger partial charge in [-0.05, 0) is 18.2 Å². The van der Waals surface area contributed by atoms with Crippen LogP contribution >= 0.6 is 23.2 Å². The molecule has 1 aromatic heterocycles. The Morgan fingerprint density at radius 1 is 1.26 bits per heavy atom. The van der Waals surface area contributed by atoms with Crippen molar-refractivity contribution < 1.29 is 4.39 Å². The van der Waals surface area contributed by atoms with E-state index >= 15 is 0 Å². The van der Waals surface area contributed by atoms with Crippen LogP contribution in [0.5, 0.6) is 0 Å². The maximum absolute atomic E-state index is 13.7. The van der Waals surface area contributed by atoms with Crippen LogP contribution in [0.3, 0.4) is 0 Å². The summed E-state index contributed by atoms with van der Waals surface area (Å²) in [5.74, 6) is 5.55. The van der Waals surface area contributed by atoms with Crippen molar-refractivity contribution >= 4 is 40.5 Å². The van der Waals surface area contributed by atoms with Gasteiger partial charge in [-0.3, -0.25) is 0 Å².